The monoisotopic (exact) mass is 296 g/mol. The van der Waals surface area contributed by atoms with Gasteiger partial charge >= 0.3 is 6.36 Å². The molecule has 1 nitrogen and oxygen atoms in total. The molecule has 2 aromatic rings. The average Bonchev–Trinajstić information content (AvgIpc) is 2.56. The molecule has 0 N–H and O–H groups in total. The molecule has 5 heteroatoms. The molecule has 2 aromatic carbocycles. The number of ether oxygens (including phenoxy) is 1. The number of hydrogen-bond donors (Lipinski definition) is 0. The van der Waals surface area contributed by atoms with Crippen molar-refractivity contribution < 1.29 is 17.9 Å². The van der Waals surface area contributed by atoms with Crippen LogP contribution in [0.1, 0.15) is 16.7 Å². The summed E-state index contributed by atoms with van der Waals surface area (Å²) in [5.74, 6) is 0.504. The topological polar surface area (TPSA) is 9.23 Å². The molecule has 0 unspecified atom stereocenters. The van der Waals surface area contributed by atoms with Gasteiger partial charge in [-0.15, -0.1) is 24.9 Å². The van der Waals surface area contributed by atoms with E-state index < -0.39 is 6.36 Å². The molecule has 0 bridgehead atoms. The van der Waals surface area contributed by atoms with Crippen molar-refractivity contribution in [2.75, 3.05) is 0 Å². The van der Waals surface area contributed by atoms with Crippen molar-refractivity contribution in [2.45, 2.75) is 23.4 Å². The van der Waals surface area contributed by atoms with Crippen LogP contribution in [0.15, 0.2) is 47.4 Å². The van der Waals surface area contributed by atoms with Gasteiger partial charge in [-0.2, -0.15) is 0 Å². The molecular formula is C15H11F3OS. The van der Waals surface area contributed by atoms with E-state index in [1.807, 2.05) is 18.2 Å². The zero-order valence-corrected chi connectivity index (χ0v) is 11.2. The van der Waals surface area contributed by atoms with Crippen LogP contribution in [0.3, 0.4) is 0 Å². The molecule has 1 heterocycles. The zero-order valence-electron chi connectivity index (χ0n) is 10.4. The molecule has 0 saturated heterocycles. The van der Waals surface area contributed by atoms with E-state index in [0.29, 0.717) is 5.75 Å². The third-order valence-electron chi connectivity index (χ3n) is 3.15. The highest BCUT2D eigenvalue weighted by atomic mass is 32.2. The molecule has 20 heavy (non-hydrogen) atoms. The molecule has 0 fully saturated rings. The maximum absolute atomic E-state index is 12.2. The van der Waals surface area contributed by atoms with Crippen LogP contribution in [0.4, 0.5) is 13.2 Å². The quantitative estimate of drug-likeness (QED) is 0.749. The van der Waals surface area contributed by atoms with Gasteiger partial charge < -0.3 is 4.74 Å². The molecular weight excluding hydrogens is 285 g/mol. The standard InChI is InChI=1S/C15H11F3OS/c16-15(17,18)19-13-6-5-10-7-11-3-1-2-4-14(11)20-9-12(10)8-13/h1-6,8H,7,9H2. The van der Waals surface area contributed by atoms with Crippen molar-refractivity contribution >= 4 is 11.8 Å². The van der Waals surface area contributed by atoms with E-state index in [0.717, 1.165) is 17.5 Å². The van der Waals surface area contributed by atoms with Crippen molar-refractivity contribution in [3.05, 3.63) is 59.2 Å². The third-order valence-corrected chi connectivity index (χ3v) is 4.31. The fourth-order valence-corrected chi connectivity index (χ4v) is 3.34. The van der Waals surface area contributed by atoms with Crippen LogP contribution in [-0.4, -0.2) is 6.36 Å². The first-order valence-electron chi connectivity index (χ1n) is 6.09. The first-order chi connectivity index (χ1) is 9.51. The summed E-state index contributed by atoms with van der Waals surface area (Å²) >= 11 is 1.64. The fourth-order valence-electron chi connectivity index (χ4n) is 2.26. The van der Waals surface area contributed by atoms with Crippen molar-refractivity contribution in [1.29, 1.82) is 0 Å². The minimum Gasteiger partial charge on any atom is -0.406 e. The predicted octanol–water partition coefficient (Wildman–Crippen LogP) is 4.78. The lowest BCUT2D eigenvalue weighted by Gasteiger charge is -2.11. The Labute approximate surface area is 118 Å². The Morgan fingerprint density at radius 2 is 1.75 bits per heavy atom. The number of alkyl halides is 3. The highest BCUT2D eigenvalue weighted by Gasteiger charge is 2.31. The van der Waals surface area contributed by atoms with E-state index in [1.165, 1.54) is 22.6 Å². The highest BCUT2D eigenvalue weighted by Crippen LogP contribution is 2.35. The number of fused-ring (bicyclic) bond motifs is 2. The van der Waals surface area contributed by atoms with Crippen molar-refractivity contribution in [1.82, 2.24) is 0 Å². The Bertz CT molecular complexity index is 637. The van der Waals surface area contributed by atoms with Crippen LogP contribution < -0.4 is 4.74 Å². The number of benzene rings is 2. The minimum absolute atomic E-state index is 0.150. The van der Waals surface area contributed by atoms with Gasteiger partial charge in [0.2, 0.25) is 0 Å². The molecule has 1 aliphatic rings. The van der Waals surface area contributed by atoms with Crippen LogP contribution in [0.5, 0.6) is 5.75 Å². The lowest BCUT2D eigenvalue weighted by Crippen LogP contribution is -2.17. The number of rotatable bonds is 1. The molecule has 0 saturated carbocycles. The summed E-state index contributed by atoms with van der Waals surface area (Å²) in [4.78, 5) is 1.18. The van der Waals surface area contributed by atoms with Gasteiger partial charge in [0.1, 0.15) is 5.75 Å². The van der Waals surface area contributed by atoms with E-state index in [9.17, 15) is 13.2 Å². The summed E-state index contributed by atoms with van der Waals surface area (Å²) < 4.78 is 40.7. The van der Waals surface area contributed by atoms with Gasteiger partial charge in [0.05, 0.1) is 0 Å². The van der Waals surface area contributed by atoms with E-state index in [1.54, 1.807) is 17.8 Å². The Morgan fingerprint density at radius 1 is 0.950 bits per heavy atom. The first-order valence-corrected chi connectivity index (χ1v) is 7.08. The lowest BCUT2D eigenvalue weighted by atomic mass is 10.0. The van der Waals surface area contributed by atoms with Gasteiger partial charge in [-0.25, -0.2) is 0 Å². The van der Waals surface area contributed by atoms with Gasteiger partial charge in [-0.1, -0.05) is 24.3 Å². The smallest absolute Gasteiger partial charge is 0.406 e. The van der Waals surface area contributed by atoms with Crippen molar-refractivity contribution in [3.8, 4) is 5.75 Å². The Hall–Kier alpha value is -1.62. The molecule has 0 aromatic heterocycles. The molecule has 0 spiro atoms. The fraction of sp³-hybridized carbons (Fsp3) is 0.200. The molecule has 1 aliphatic heterocycles. The van der Waals surface area contributed by atoms with Crippen LogP contribution in [0, 0.1) is 0 Å². The van der Waals surface area contributed by atoms with Crippen molar-refractivity contribution in [3.63, 3.8) is 0 Å². The Morgan fingerprint density at radius 3 is 2.55 bits per heavy atom. The Balaban J connectivity index is 1.91. The summed E-state index contributed by atoms with van der Waals surface area (Å²) in [5.41, 5.74) is 3.16. The maximum Gasteiger partial charge on any atom is 0.573 e. The first kappa shape index (κ1) is 13.4. The van der Waals surface area contributed by atoms with Crippen molar-refractivity contribution in [2.24, 2.45) is 0 Å². The zero-order chi connectivity index (χ0) is 14.2. The summed E-state index contributed by atoms with van der Waals surface area (Å²) in [5, 5.41) is 0. The molecule has 0 aliphatic carbocycles. The second kappa shape index (κ2) is 5.05. The largest absolute Gasteiger partial charge is 0.573 e. The van der Waals surface area contributed by atoms with E-state index in [4.69, 9.17) is 0 Å². The molecule has 3 rings (SSSR count). The number of thioether (sulfide) groups is 1. The van der Waals surface area contributed by atoms with Crippen LogP contribution in [0.2, 0.25) is 0 Å². The number of halogens is 3. The Kier molecular flexibility index (Phi) is 3.38. The molecule has 0 atom stereocenters. The highest BCUT2D eigenvalue weighted by molar-refractivity contribution is 7.98. The van der Waals surface area contributed by atoms with E-state index in [-0.39, 0.29) is 5.75 Å². The van der Waals surface area contributed by atoms with E-state index >= 15 is 0 Å². The molecule has 104 valence electrons. The summed E-state index contributed by atoms with van der Waals surface area (Å²) in [6.45, 7) is 0. The van der Waals surface area contributed by atoms with Gasteiger partial charge in [-0.3, -0.25) is 0 Å². The second-order valence-electron chi connectivity index (χ2n) is 4.55. The summed E-state index contributed by atoms with van der Waals surface area (Å²) in [6, 6.07) is 12.6. The minimum atomic E-state index is -4.64. The third kappa shape index (κ3) is 2.93. The SMILES string of the molecule is FC(F)(F)Oc1ccc2c(c1)CSc1ccccc1C2. The van der Waals surface area contributed by atoms with Crippen LogP contribution >= 0.6 is 11.8 Å². The average molecular weight is 296 g/mol. The normalized spacial score (nSPS) is 14.2. The van der Waals surface area contributed by atoms with Gasteiger partial charge in [0.25, 0.3) is 0 Å². The van der Waals surface area contributed by atoms with Gasteiger partial charge in [0.15, 0.2) is 0 Å². The van der Waals surface area contributed by atoms with Gasteiger partial charge in [0, 0.05) is 10.6 Å². The summed E-state index contributed by atoms with van der Waals surface area (Å²) in [6.07, 6.45) is -3.90. The molecule has 0 amide bonds. The number of hydrogen-bond acceptors (Lipinski definition) is 2. The second-order valence-corrected chi connectivity index (χ2v) is 5.57. The maximum atomic E-state index is 12.2. The van der Waals surface area contributed by atoms with Crippen LogP contribution in [0.25, 0.3) is 0 Å². The summed E-state index contributed by atoms with van der Waals surface area (Å²) in [7, 11) is 0. The lowest BCUT2D eigenvalue weighted by molar-refractivity contribution is -0.274. The van der Waals surface area contributed by atoms with Crippen LogP contribution in [-0.2, 0) is 12.2 Å². The van der Waals surface area contributed by atoms with Gasteiger partial charge in [-0.05, 0) is 41.3 Å². The predicted molar refractivity (Wildman–Crippen MR) is 71.9 cm³/mol. The van der Waals surface area contributed by atoms with E-state index in [2.05, 4.69) is 10.8 Å². The molecule has 0 radical (unpaired) electrons.